The number of hydrogen-bond acceptors (Lipinski definition) is 4. The number of halogens is 1. The van der Waals surface area contributed by atoms with Gasteiger partial charge in [0.2, 0.25) is 5.91 Å². The predicted molar refractivity (Wildman–Crippen MR) is 108 cm³/mol. The molecule has 3 rings (SSSR count). The number of ether oxygens (including phenoxy) is 1. The number of esters is 1. The summed E-state index contributed by atoms with van der Waals surface area (Å²) >= 11 is 1.46. The van der Waals surface area contributed by atoms with E-state index < -0.39 is 12.0 Å². The number of amides is 1. The SMILES string of the molecule is COC(=O)[C@@H](Cc1c[nH]c2ccccc12)NC(=O)CCSc1ccc(F)cc1. The van der Waals surface area contributed by atoms with Crippen LogP contribution in [0.2, 0.25) is 0 Å². The number of nitrogens with one attached hydrogen (secondary N) is 2. The van der Waals surface area contributed by atoms with Crippen LogP contribution in [0, 0.1) is 5.82 Å². The van der Waals surface area contributed by atoms with Crippen LogP contribution in [0.3, 0.4) is 0 Å². The van der Waals surface area contributed by atoms with Gasteiger partial charge in [-0.3, -0.25) is 4.79 Å². The molecule has 28 heavy (non-hydrogen) atoms. The van der Waals surface area contributed by atoms with E-state index in [9.17, 15) is 14.0 Å². The summed E-state index contributed by atoms with van der Waals surface area (Å²) in [4.78, 5) is 28.5. The Morgan fingerprint density at radius 2 is 1.93 bits per heavy atom. The van der Waals surface area contributed by atoms with Gasteiger partial charge in [0.1, 0.15) is 11.9 Å². The Morgan fingerprint density at radius 1 is 1.18 bits per heavy atom. The first kappa shape index (κ1) is 19.9. The molecule has 1 atom stereocenters. The number of aromatic amines is 1. The summed E-state index contributed by atoms with van der Waals surface area (Å²) < 4.78 is 17.8. The van der Waals surface area contributed by atoms with E-state index in [2.05, 4.69) is 10.3 Å². The molecule has 2 aromatic carbocycles. The number of carbonyl (C=O) groups excluding carboxylic acids is 2. The quantitative estimate of drug-likeness (QED) is 0.447. The third-order valence-electron chi connectivity index (χ3n) is 4.33. The lowest BCUT2D eigenvalue weighted by atomic mass is 10.0. The van der Waals surface area contributed by atoms with Gasteiger partial charge in [0.15, 0.2) is 0 Å². The van der Waals surface area contributed by atoms with Crippen LogP contribution in [0.4, 0.5) is 4.39 Å². The van der Waals surface area contributed by atoms with Gasteiger partial charge >= 0.3 is 5.97 Å². The highest BCUT2D eigenvalue weighted by molar-refractivity contribution is 7.99. The van der Waals surface area contributed by atoms with E-state index in [0.717, 1.165) is 21.4 Å². The molecule has 0 unspecified atom stereocenters. The smallest absolute Gasteiger partial charge is 0.328 e. The summed E-state index contributed by atoms with van der Waals surface area (Å²) in [5, 5.41) is 3.78. The number of methoxy groups -OCH3 is 1. The van der Waals surface area contributed by atoms with Crippen molar-refractivity contribution < 1.29 is 18.7 Å². The third kappa shape index (κ3) is 5.13. The van der Waals surface area contributed by atoms with Crippen molar-refractivity contribution in [3.8, 4) is 0 Å². The van der Waals surface area contributed by atoms with Crippen molar-refractivity contribution in [1.29, 1.82) is 0 Å². The number of aromatic nitrogens is 1. The Hall–Kier alpha value is -2.80. The van der Waals surface area contributed by atoms with Crippen molar-refractivity contribution in [2.75, 3.05) is 12.9 Å². The van der Waals surface area contributed by atoms with Crippen molar-refractivity contribution in [3.63, 3.8) is 0 Å². The Kier molecular flexibility index (Phi) is 6.71. The molecule has 5 nitrogen and oxygen atoms in total. The third-order valence-corrected chi connectivity index (χ3v) is 5.35. The van der Waals surface area contributed by atoms with E-state index in [1.807, 2.05) is 30.5 Å². The van der Waals surface area contributed by atoms with Crippen LogP contribution >= 0.6 is 11.8 Å². The number of thioether (sulfide) groups is 1. The molecule has 1 heterocycles. The number of para-hydroxylation sites is 1. The Bertz CT molecular complexity index is 956. The number of rotatable bonds is 8. The van der Waals surface area contributed by atoms with Crippen LogP contribution in [-0.2, 0) is 20.7 Å². The van der Waals surface area contributed by atoms with E-state index in [0.29, 0.717) is 12.2 Å². The van der Waals surface area contributed by atoms with Crippen molar-refractivity contribution in [1.82, 2.24) is 10.3 Å². The fourth-order valence-electron chi connectivity index (χ4n) is 2.91. The van der Waals surface area contributed by atoms with Crippen molar-refractivity contribution in [2.24, 2.45) is 0 Å². The molecule has 0 saturated heterocycles. The van der Waals surface area contributed by atoms with E-state index >= 15 is 0 Å². The molecular formula is C21H21FN2O3S. The van der Waals surface area contributed by atoms with Crippen molar-refractivity contribution in [2.45, 2.75) is 23.8 Å². The second-order valence-corrected chi connectivity index (χ2v) is 7.43. The predicted octanol–water partition coefficient (Wildman–Crippen LogP) is 3.69. The maximum atomic E-state index is 12.9. The van der Waals surface area contributed by atoms with E-state index in [1.54, 1.807) is 12.1 Å². The molecule has 1 amide bonds. The highest BCUT2D eigenvalue weighted by Gasteiger charge is 2.23. The van der Waals surface area contributed by atoms with Gasteiger partial charge in [-0.1, -0.05) is 18.2 Å². The molecule has 0 radical (unpaired) electrons. The van der Waals surface area contributed by atoms with Gasteiger partial charge in [0.05, 0.1) is 7.11 Å². The first-order chi connectivity index (χ1) is 13.6. The molecule has 0 spiro atoms. The van der Waals surface area contributed by atoms with E-state index in [1.165, 1.54) is 31.0 Å². The van der Waals surface area contributed by atoms with Gasteiger partial charge in [-0.05, 0) is 35.9 Å². The monoisotopic (exact) mass is 400 g/mol. The molecule has 0 saturated carbocycles. The highest BCUT2D eigenvalue weighted by atomic mass is 32.2. The molecule has 7 heteroatoms. The summed E-state index contributed by atoms with van der Waals surface area (Å²) in [6.07, 6.45) is 2.42. The van der Waals surface area contributed by atoms with Gasteiger partial charge in [0, 0.05) is 40.6 Å². The minimum absolute atomic E-state index is 0.232. The zero-order chi connectivity index (χ0) is 19.9. The van der Waals surface area contributed by atoms with Crippen LogP contribution in [0.1, 0.15) is 12.0 Å². The first-order valence-corrected chi connectivity index (χ1v) is 9.86. The molecule has 0 aliphatic heterocycles. The minimum Gasteiger partial charge on any atom is -0.467 e. The molecule has 0 aliphatic carbocycles. The van der Waals surface area contributed by atoms with Gasteiger partial charge in [-0.25, -0.2) is 9.18 Å². The van der Waals surface area contributed by atoms with Crippen molar-refractivity contribution >= 4 is 34.5 Å². The van der Waals surface area contributed by atoms with Crippen LogP contribution < -0.4 is 5.32 Å². The van der Waals surface area contributed by atoms with E-state index in [-0.39, 0.29) is 18.1 Å². The lowest BCUT2D eigenvalue weighted by Gasteiger charge is -2.16. The van der Waals surface area contributed by atoms with Gasteiger partial charge < -0.3 is 15.0 Å². The lowest BCUT2D eigenvalue weighted by molar-refractivity contribution is -0.145. The zero-order valence-electron chi connectivity index (χ0n) is 15.4. The molecule has 146 valence electrons. The molecule has 0 aliphatic rings. The largest absolute Gasteiger partial charge is 0.467 e. The lowest BCUT2D eigenvalue weighted by Crippen LogP contribution is -2.43. The van der Waals surface area contributed by atoms with Crippen LogP contribution in [0.25, 0.3) is 10.9 Å². The summed E-state index contributed by atoms with van der Waals surface area (Å²) in [5.41, 5.74) is 1.91. The topological polar surface area (TPSA) is 71.2 Å². The molecule has 0 fully saturated rings. The Morgan fingerprint density at radius 3 is 2.68 bits per heavy atom. The number of fused-ring (bicyclic) bond motifs is 1. The summed E-state index contributed by atoms with van der Waals surface area (Å²) in [5.74, 6) is -0.478. The summed E-state index contributed by atoms with van der Waals surface area (Å²) in [6, 6.07) is 13.1. The maximum absolute atomic E-state index is 12.9. The first-order valence-electron chi connectivity index (χ1n) is 8.87. The van der Waals surface area contributed by atoms with Crippen LogP contribution in [-0.4, -0.2) is 35.8 Å². The van der Waals surface area contributed by atoms with Crippen LogP contribution in [0.15, 0.2) is 59.6 Å². The summed E-state index contributed by atoms with van der Waals surface area (Å²) in [6.45, 7) is 0. The average molecular weight is 400 g/mol. The fourth-order valence-corrected chi connectivity index (χ4v) is 3.77. The standard InChI is InChI=1S/C21H21FN2O3S/c1-27-21(26)19(12-14-13-23-18-5-3-2-4-17(14)18)24-20(25)10-11-28-16-8-6-15(22)7-9-16/h2-9,13,19,23H,10-12H2,1H3,(H,24,25)/t19-/m1/s1. The number of hydrogen-bond donors (Lipinski definition) is 2. The van der Waals surface area contributed by atoms with Gasteiger partial charge in [0.25, 0.3) is 0 Å². The van der Waals surface area contributed by atoms with Gasteiger partial charge in [-0.2, -0.15) is 0 Å². The molecule has 3 aromatic rings. The Labute approximate surface area is 166 Å². The highest BCUT2D eigenvalue weighted by Crippen LogP contribution is 2.20. The normalized spacial score (nSPS) is 11.9. The number of H-pyrrole nitrogens is 1. The van der Waals surface area contributed by atoms with Gasteiger partial charge in [-0.15, -0.1) is 11.8 Å². The van der Waals surface area contributed by atoms with Crippen molar-refractivity contribution in [3.05, 3.63) is 66.1 Å². The average Bonchev–Trinajstić information content (AvgIpc) is 3.11. The minimum atomic E-state index is -0.757. The molecule has 0 bridgehead atoms. The Balaban J connectivity index is 1.58. The number of benzene rings is 2. The maximum Gasteiger partial charge on any atom is 0.328 e. The second-order valence-electron chi connectivity index (χ2n) is 6.26. The summed E-state index contributed by atoms with van der Waals surface area (Å²) in [7, 11) is 1.31. The zero-order valence-corrected chi connectivity index (χ0v) is 16.2. The second kappa shape index (κ2) is 9.41. The van der Waals surface area contributed by atoms with E-state index in [4.69, 9.17) is 4.74 Å². The molecular weight excluding hydrogens is 379 g/mol. The molecule has 1 aromatic heterocycles. The fraction of sp³-hybridized carbons (Fsp3) is 0.238. The number of carbonyl (C=O) groups is 2. The van der Waals surface area contributed by atoms with Crippen LogP contribution in [0.5, 0.6) is 0 Å². The molecule has 2 N–H and O–H groups in total.